The van der Waals surface area contributed by atoms with Crippen molar-refractivity contribution < 1.29 is 4.74 Å². The van der Waals surface area contributed by atoms with Crippen LogP contribution in [0.4, 0.5) is 0 Å². The van der Waals surface area contributed by atoms with Gasteiger partial charge in [0.15, 0.2) is 0 Å². The highest BCUT2D eigenvalue weighted by Gasteiger charge is 2.25. The zero-order valence-electron chi connectivity index (χ0n) is 9.89. The standard InChI is InChI=1S/C11H17N3O2/c1-11(2,16-3)10-13-8-4-5-12-6-7(8)9(15)14-10/h12H,4-6H2,1-3H3,(H,13,14,15). The Morgan fingerprint density at radius 3 is 2.88 bits per heavy atom. The maximum atomic E-state index is 11.9. The molecule has 1 aromatic rings. The quantitative estimate of drug-likeness (QED) is 0.756. The van der Waals surface area contributed by atoms with Crippen molar-refractivity contribution in [2.75, 3.05) is 13.7 Å². The van der Waals surface area contributed by atoms with E-state index in [-0.39, 0.29) is 5.56 Å². The van der Waals surface area contributed by atoms with Gasteiger partial charge < -0.3 is 15.0 Å². The Hall–Kier alpha value is -1.20. The highest BCUT2D eigenvalue weighted by Crippen LogP contribution is 2.20. The van der Waals surface area contributed by atoms with E-state index in [0.29, 0.717) is 12.4 Å². The van der Waals surface area contributed by atoms with E-state index in [1.54, 1.807) is 7.11 Å². The summed E-state index contributed by atoms with van der Waals surface area (Å²) in [5.74, 6) is 0.598. The fraction of sp³-hybridized carbons (Fsp3) is 0.636. The number of fused-ring (bicyclic) bond motifs is 1. The molecule has 16 heavy (non-hydrogen) atoms. The molecule has 0 atom stereocenters. The van der Waals surface area contributed by atoms with Crippen LogP contribution in [0.3, 0.4) is 0 Å². The number of methoxy groups -OCH3 is 1. The smallest absolute Gasteiger partial charge is 0.255 e. The van der Waals surface area contributed by atoms with Gasteiger partial charge in [-0.15, -0.1) is 0 Å². The monoisotopic (exact) mass is 223 g/mol. The van der Waals surface area contributed by atoms with Crippen molar-refractivity contribution in [3.63, 3.8) is 0 Å². The second kappa shape index (κ2) is 3.99. The molecule has 2 heterocycles. The maximum Gasteiger partial charge on any atom is 0.255 e. The van der Waals surface area contributed by atoms with Gasteiger partial charge in [0.1, 0.15) is 11.4 Å². The topological polar surface area (TPSA) is 67.0 Å². The van der Waals surface area contributed by atoms with E-state index in [1.807, 2.05) is 13.8 Å². The highest BCUT2D eigenvalue weighted by atomic mass is 16.5. The number of ether oxygens (including phenoxy) is 1. The third-order valence-electron chi connectivity index (χ3n) is 3.02. The molecule has 1 aliphatic heterocycles. The Kier molecular flexibility index (Phi) is 2.82. The van der Waals surface area contributed by atoms with Crippen LogP contribution in [0.25, 0.3) is 0 Å². The summed E-state index contributed by atoms with van der Waals surface area (Å²) in [5, 5.41) is 3.16. The summed E-state index contributed by atoms with van der Waals surface area (Å²) in [6.45, 7) is 5.25. The normalized spacial score (nSPS) is 15.9. The molecular weight excluding hydrogens is 206 g/mol. The first-order chi connectivity index (χ1) is 7.54. The van der Waals surface area contributed by atoms with Gasteiger partial charge in [-0.05, 0) is 13.8 Å². The number of H-pyrrole nitrogens is 1. The number of rotatable bonds is 2. The number of nitrogens with one attached hydrogen (secondary N) is 2. The molecule has 88 valence electrons. The minimum Gasteiger partial charge on any atom is -0.371 e. The minimum absolute atomic E-state index is 0.0580. The van der Waals surface area contributed by atoms with Gasteiger partial charge in [0, 0.05) is 26.6 Å². The van der Waals surface area contributed by atoms with E-state index in [0.717, 1.165) is 24.2 Å². The van der Waals surface area contributed by atoms with Gasteiger partial charge in [0.25, 0.3) is 5.56 Å². The van der Waals surface area contributed by atoms with E-state index in [4.69, 9.17) is 4.74 Å². The average molecular weight is 223 g/mol. The summed E-state index contributed by atoms with van der Waals surface area (Å²) in [6.07, 6.45) is 0.798. The van der Waals surface area contributed by atoms with Crippen LogP contribution in [0, 0.1) is 0 Å². The fourth-order valence-electron chi connectivity index (χ4n) is 1.74. The van der Waals surface area contributed by atoms with Crippen LogP contribution >= 0.6 is 0 Å². The Morgan fingerprint density at radius 2 is 2.19 bits per heavy atom. The molecule has 1 aliphatic rings. The van der Waals surface area contributed by atoms with Crippen molar-refractivity contribution in [1.29, 1.82) is 0 Å². The molecular formula is C11H17N3O2. The molecule has 0 amide bonds. The van der Waals surface area contributed by atoms with Gasteiger partial charge in [0.2, 0.25) is 0 Å². The minimum atomic E-state index is -0.556. The van der Waals surface area contributed by atoms with Crippen molar-refractivity contribution in [3.05, 3.63) is 27.4 Å². The molecule has 5 nitrogen and oxygen atoms in total. The van der Waals surface area contributed by atoms with Crippen LogP contribution in [-0.4, -0.2) is 23.6 Å². The number of aromatic nitrogens is 2. The zero-order chi connectivity index (χ0) is 11.8. The summed E-state index contributed by atoms with van der Waals surface area (Å²) in [6, 6.07) is 0. The summed E-state index contributed by atoms with van der Waals surface area (Å²) >= 11 is 0. The van der Waals surface area contributed by atoms with Gasteiger partial charge in [-0.1, -0.05) is 0 Å². The number of hydrogen-bond acceptors (Lipinski definition) is 4. The van der Waals surface area contributed by atoms with Crippen molar-refractivity contribution >= 4 is 0 Å². The third kappa shape index (κ3) is 1.88. The molecule has 0 saturated carbocycles. The Balaban J connectivity index is 2.51. The first-order valence-electron chi connectivity index (χ1n) is 5.43. The lowest BCUT2D eigenvalue weighted by Crippen LogP contribution is -2.35. The summed E-state index contributed by atoms with van der Waals surface area (Å²) in [5.41, 5.74) is 1.03. The molecule has 1 aromatic heterocycles. The fourth-order valence-corrected chi connectivity index (χ4v) is 1.74. The Morgan fingerprint density at radius 1 is 1.44 bits per heavy atom. The highest BCUT2D eigenvalue weighted by molar-refractivity contribution is 5.21. The third-order valence-corrected chi connectivity index (χ3v) is 3.02. The Labute approximate surface area is 94.2 Å². The molecule has 2 N–H and O–H groups in total. The van der Waals surface area contributed by atoms with E-state index in [1.165, 1.54) is 0 Å². The molecule has 2 rings (SSSR count). The summed E-state index contributed by atoms with van der Waals surface area (Å²) < 4.78 is 5.32. The lowest BCUT2D eigenvalue weighted by molar-refractivity contribution is 0.0110. The van der Waals surface area contributed by atoms with Crippen LogP contribution in [0.1, 0.15) is 30.9 Å². The molecule has 0 spiro atoms. The zero-order valence-corrected chi connectivity index (χ0v) is 9.89. The van der Waals surface area contributed by atoms with Crippen molar-refractivity contribution in [2.45, 2.75) is 32.4 Å². The molecule has 5 heteroatoms. The van der Waals surface area contributed by atoms with Crippen molar-refractivity contribution in [1.82, 2.24) is 15.3 Å². The average Bonchev–Trinajstić information content (AvgIpc) is 2.29. The van der Waals surface area contributed by atoms with Crippen molar-refractivity contribution in [2.24, 2.45) is 0 Å². The lowest BCUT2D eigenvalue weighted by atomic mass is 10.1. The molecule has 0 unspecified atom stereocenters. The molecule has 0 aliphatic carbocycles. The molecule has 0 bridgehead atoms. The predicted octanol–water partition coefficient (Wildman–Crippen LogP) is 0.297. The summed E-state index contributed by atoms with van der Waals surface area (Å²) in [4.78, 5) is 19.1. The van der Waals surface area contributed by atoms with E-state index >= 15 is 0 Å². The maximum absolute atomic E-state index is 11.9. The number of nitrogens with zero attached hydrogens (tertiary/aromatic N) is 1. The second-order valence-electron chi connectivity index (χ2n) is 4.48. The summed E-state index contributed by atoms with van der Waals surface area (Å²) in [7, 11) is 1.61. The molecule has 0 radical (unpaired) electrons. The van der Waals surface area contributed by atoms with Crippen LogP contribution in [0.5, 0.6) is 0 Å². The largest absolute Gasteiger partial charge is 0.371 e. The van der Waals surface area contributed by atoms with E-state index in [2.05, 4.69) is 15.3 Å². The van der Waals surface area contributed by atoms with Gasteiger partial charge >= 0.3 is 0 Å². The van der Waals surface area contributed by atoms with Crippen LogP contribution in [0.2, 0.25) is 0 Å². The van der Waals surface area contributed by atoms with E-state index < -0.39 is 5.60 Å². The first kappa shape index (κ1) is 11.3. The molecule has 0 aromatic carbocycles. The van der Waals surface area contributed by atoms with Gasteiger partial charge in [-0.2, -0.15) is 0 Å². The van der Waals surface area contributed by atoms with Crippen molar-refractivity contribution in [3.8, 4) is 0 Å². The first-order valence-corrected chi connectivity index (χ1v) is 5.43. The van der Waals surface area contributed by atoms with E-state index in [9.17, 15) is 4.79 Å². The van der Waals surface area contributed by atoms with Crippen LogP contribution < -0.4 is 10.9 Å². The van der Waals surface area contributed by atoms with Crippen LogP contribution in [0.15, 0.2) is 4.79 Å². The van der Waals surface area contributed by atoms with Gasteiger partial charge in [-0.3, -0.25) is 4.79 Å². The number of hydrogen-bond donors (Lipinski definition) is 2. The predicted molar refractivity (Wildman–Crippen MR) is 60.3 cm³/mol. The second-order valence-corrected chi connectivity index (χ2v) is 4.48. The SMILES string of the molecule is COC(C)(C)c1nc2c(c(=O)[nH]1)CNCC2. The van der Waals surface area contributed by atoms with Gasteiger partial charge in [0.05, 0.1) is 11.3 Å². The molecule has 0 fully saturated rings. The Bertz CT molecular complexity index is 451. The number of aromatic amines is 1. The van der Waals surface area contributed by atoms with Crippen LogP contribution in [-0.2, 0) is 23.3 Å². The molecule has 0 saturated heterocycles. The van der Waals surface area contributed by atoms with Gasteiger partial charge in [-0.25, -0.2) is 4.98 Å². The lowest BCUT2D eigenvalue weighted by Gasteiger charge is -2.24.